The van der Waals surface area contributed by atoms with Crippen LogP contribution in [0.5, 0.6) is 0 Å². The molecular formula is C19H25N3O4. The molecule has 1 aliphatic heterocycles. The van der Waals surface area contributed by atoms with E-state index in [1.165, 1.54) is 6.26 Å². The maximum atomic E-state index is 12.7. The zero-order valence-corrected chi connectivity index (χ0v) is 15.4. The van der Waals surface area contributed by atoms with Crippen molar-refractivity contribution >= 4 is 11.8 Å². The first kappa shape index (κ1) is 18.3. The Morgan fingerprint density at radius 3 is 2.58 bits per heavy atom. The molecule has 7 heteroatoms. The lowest BCUT2D eigenvalue weighted by Crippen LogP contribution is -2.47. The summed E-state index contributed by atoms with van der Waals surface area (Å²) in [5.41, 5.74) is 2.89. The van der Waals surface area contributed by atoms with Gasteiger partial charge in [-0.3, -0.25) is 9.59 Å². The van der Waals surface area contributed by atoms with Crippen molar-refractivity contribution in [2.24, 2.45) is 0 Å². The summed E-state index contributed by atoms with van der Waals surface area (Å²) in [6.45, 7) is 7.74. The number of ether oxygens (including phenoxy) is 1. The minimum Gasteiger partial charge on any atom is -0.459 e. The fourth-order valence-electron chi connectivity index (χ4n) is 3.18. The molecule has 140 valence electrons. The van der Waals surface area contributed by atoms with Gasteiger partial charge in [0.15, 0.2) is 5.76 Å². The number of carbonyl (C=O) groups excluding carboxylic acids is 2. The van der Waals surface area contributed by atoms with Gasteiger partial charge in [-0.1, -0.05) is 0 Å². The van der Waals surface area contributed by atoms with Gasteiger partial charge in [0.1, 0.15) is 6.54 Å². The van der Waals surface area contributed by atoms with Crippen molar-refractivity contribution in [2.45, 2.75) is 33.4 Å². The van der Waals surface area contributed by atoms with Gasteiger partial charge >= 0.3 is 0 Å². The third kappa shape index (κ3) is 3.99. The number of amides is 2. The lowest BCUT2D eigenvalue weighted by Gasteiger charge is -2.24. The summed E-state index contributed by atoms with van der Waals surface area (Å²) < 4.78 is 12.8. The van der Waals surface area contributed by atoms with E-state index in [9.17, 15) is 9.59 Å². The second-order valence-corrected chi connectivity index (χ2v) is 6.73. The van der Waals surface area contributed by atoms with E-state index >= 15 is 0 Å². The predicted octanol–water partition coefficient (Wildman–Crippen LogP) is 1.66. The number of nitrogens with zero attached hydrogens (tertiary/aromatic N) is 2. The Balaban J connectivity index is 1.63. The largest absolute Gasteiger partial charge is 0.459 e. The molecule has 0 aliphatic carbocycles. The van der Waals surface area contributed by atoms with Crippen LogP contribution in [0.1, 0.15) is 27.5 Å². The fraction of sp³-hybridized carbons (Fsp3) is 0.474. The number of hydrogen-bond donors (Lipinski definition) is 1. The number of rotatable bonds is 4. The average molecular weight is 359 g/mol. The number of furan rings is 1. The lowest BCUT2D eigenvalue weighted by molar-refractivity contribution is -0.122. The van der Waals surface area contributed by atoms with E-state index in [1.807, 2.05) is 37.5 Å². The van der Waals surface area contributed by atoms with Gasteiger partial charge in [-0.25, -0.2) is 0 Å². The summed E-state index contributed by atoms with van der Waals surface area (Å²) in [6.07, 6.45) is 1.51. The van der Waals surface area contributed by atoms with Crippen molar-refractivity contribution in [3.8, 4) is 0 Å². The highest BCUT2D eigenvalue weighted by Gasteiger charge is 2.27. The minimum absolute atomic E-state index is 0.0931. The SMILES string of the molecule is Cc1ccoc1C(=O)N1CCOCC(NC(=O)Cn2c(C)ccc2C)C1. The van der Waals surface area contributed by atoms with Gasteiger partial charge in [-0.15, -0.1) is 0 Å². The van der Waals surface area contributed by atoms with Crippen LogP contribution in [0.3, 0.4) is 0 Å². The second-order valence-electron chi connectivity index (χ2n) is 6.73. The molecule has 1 unspecified atom stereocenters. The van der Waals surface area contributed by atoms with Gasteiger partial charge in [-0.2, -0.15) is 0 Å². The molecule has 3 heterocycles. The first-order valence-electron chi connectivity index (χ1n) is 8.79. The smallest absolute Gasteiger partial charge is 0.289 e. The van der Waals surface area contributed by atoms with Crippen molar-refractivity contribution < 1.29 is 18.7 Å². The summed E-state index contributed by atoms with van der Waals surface area (Å²) >= 11 is 0. The molecule has 0 bridgehead atoms. The third-order valence-electron chi connectivity index (χ3n) is 4.69. The van der Waals surface area contributed by atoms with E-state index in [4.69, 9.17) is 9.15 Å². The molecule has 0 saturated carbocycles. The molecule has 3 rings (SSSR count). The van der Waals surface area contributed by atoms with Crippen LogP contribution in [0.25, 0.3) is 0 Å². The van der Waals surface area contributed by atoms with Gasteiger partial charge in [0.05, 0.1) is 25.5 Å². The zero-order valence-electron chi connectivity index (χ0n) is 15.4. The van der Waals surface area contributed by atoms with Crippen molar-refractivity contribution in [1.82, 2.24) is 14.8 Å². The zero-order chi connectivity index (χ0) is 18.7. The highest BCUT2D eigenvalue weighted by atomic mass is 16.5. The van der Waals surface area contributed by atoms with Crippen LogP contribution in [0, 0.1) is 20.8 Å². The van der Waals surface area contributed by atoms with Crippen LogP contribution in [-0.2, 0) is 16.1 Å². The van der Waals surface area contributed by atoms with E-state index in [2.05, 4.69) is 5.32 Å². The van der Waals surface area contributed by atoms with Crippen LogP contribution in [0.4, 0.5) is 0 Å². The van der Waals surface area contributed by atoms with Crippen LogP contribution in [0.15, 0.2) is 28.9 Å². The molecule has 0 radical (unpaired) electrons. The van der Waals surface area contributed by atoms with Gasteiger partial charge < -0.3 is 23.9 Å². The standard InChI is InChI=1S/C19H25N3O4/c1-13-6-8-26-18(13)19(24)21-7-9-25-12-16(10-21)20-17(23)11-22-14(2)4-5-15(22)3/h4-6,8,16H,7,9-12H2,1-3H3,(H,20,23). The Bertz CT molecular complexity index is 773. The third-order valence-corrected chi connectivity index (χ3v) is 4.69. The first-order valence-corrected chi connectivity index (χ1v) is 8.79. The monoisotopic (exact) mass is 359 g/mol. The summed E-state index contributed by atoms with van der Waals surface area (Å²) in [5.74, 6) is 0.0781. The number of aryl methyl sites for hydroxylation is 3. The highest BCUT2D eigenvalue weighted by Crippen LogP contribution is 2.14. The second kappa shape index (κ2) is 7.78. The summed E-state index contributed by atoms with van der Waals surface area (Å²) in [6, 6.07) is 5.50. The van der Waals surface area contributed by atoms with Crippen LogP contribution < -0.4 is 5.32 Å². The predicted molar refractivity (Wildman–Crippen MR) is 96.0 cm³/mol. The van der Waals surface area contributed by atoms with Crippen molar-refractivity contribution in [2.75, 3.05) is 26.3 Å². The fourth-order valence-corrected chi connectivity index (χ4v) is 3.18. The van der Waals surface area contributed by atoms with Gasteiger partial charge in [0, 0.05) is 30.0 Å². The van der Waals surface area contributed by atoms with Crippen molar-refractivity contribution in [3.63, 3.8) is 0 Å². The lowest BCUT2D eigenvalue weighted by atomic mass is 10.2. The Morgan fingerprint density at radius 2 is 1.92 bits per heavy atom. The number of aromatic nitrogens is 1. The summed E-state index contributed by atoms with van der Waals surface area (Å²) in [5, 5.41) is 2.99. The van der Waals surface area contributed by atoms with Crippen molar-refractivity contribution in [1.29, 1.82) is 0 Å². The van der Waals surface area contributed by atoms with Gasteiger partial charge in [-0.05, 0) is 39.0 Å². The molecule has 2 amide bonds. The maximum Gasteiger partial charge on any atom is 0.289 e. The Labute approximate surface area is 152 Å². The molecule has 1 aliphatic rings. The van der Waals surface area contributed by atoms with Gasteiger partial charge in [0.2, 0.25) is 5.91 Å². The maximum absolute atomic E-state index is 12.7. The molecule has 26 heavy (non-hydrogen) atoms. The average Bonchev–Trinajstić information content (AvgIpc) is 3.07. The normalized spacial score (nSPS) is 17.8. The van der Waals surface area contributed by atoms with Gasteiger partial charge in [0.25, 0.3) is 5.91 Å². The topological polar surface area (TPSA) is 76.7 Å². The molecule has 0 aromatic carbocycles. The van der Waals surface area contributed by atoms with E-state index in [1.54, 1.807) is 11.0 Å². The molecule has 7 nitrogen and oxygen atoms in total. The Kier molecular flexibility index (Phi) is 5.46. The van der Waals surface area contributed by atoms with Crippen LogP contribution >= 0.6 is 0 Å². The quantitative estimate of drug-likeness (QED) is 0.901. The van der Waals surface area contributed by atoms with Crippen LogP contribution in [-0.4, -0.2) is 53.6 Å². The number of carbonyl (C=O) groups is 2. The Morgan fingerprint density at radius 1 is 1.19 bits per heavy atom. The molecule has 1 fully saturated rings. The molecule has 2 aromatic rings. The first-order chi connectivity index (χ1) is 12.5. The molecule has 1 atom stereocenters. The molecule has 2 aromatic heterocycles. The van der Waals surface area contributed by atoms with E-state index in [0.717, 1.165) is 17.0 Å². The Hall–Kier alpha value is -2.54. The van der Waals surface area contributed by atoms with Crippen molar-refractivity contribution in [3.05, 3.63) is 47.2 Å². The van der Waals surface area contributed by atoms with E-state index in [-0.39, 0.29) is 24.4 Å². The number of nitrogens with one attached hydrogen (secondary N) is 1. The molecule has 0 spiro atoms. The molecule has 1 N–H and O–H groups in total. The summed E-state index contributed by atoms with van der Waals surface area (Å²) in [7, 11) is 0. The number of hydrogen-bond acceptors (Lipinski definition) is 4. The van der Waals surface area contributed by atoms with Crippen LogP contribution in [0.2, 0.25) is 0 Å². The summed E-state index contributed by atoms with van der Waals surface area (Å²) in [4.78, 5) is 26.8. The highest BCUT2D eigenvalue weighted by molar-refractivity contribution is 5.93. The van der Waals surface area contributed by atoms with E-state index < -0.39 is 0 Å². The molecular weight excluding hydrogens is 334 g/mol. The minimum atomic E-state index is -0.250. The molecule has 1 saturated heterocycles. The van der Waals surface area contributed by atoms with E-state index in [0.29, 0.717) is 32.1 Å².